The average molecular weight is 365 g/mol. The standard InChI is InChI=1S/C21H23N3O3/c1-15-7-6-10-18(13-15)27-12-11-22-21(26)19-14-20(16(2)25)24(23-19)17-8-4-3-5-9-17/h3-10,13,20H,11-12,14H2,1-2H3,(H,22,26). The highest BCUT2D eigenvalue weighted by molar-refractivity contribution is 6.40. The molecule has 2 aromatic carbocycles. The Hall–Kier alpha value is -3.15. The first-order chi connectivity index (χ1) is 13.0. The molecule has 0 saturated heterocycles. The van der Waals surface area contributed by atoms with Gasteiger partial charge in [0.2, 0.25) is 0 Å². The Labute approximate surface area is 158 Å². The minimum absolute atomic E-state index is 0.0202. The molecule has 0 spiro atoms. The lowest BCUT2D eigenvalue weighted by atomic mass is 10.1. The van der Waals surface area contributed by atoms with Gasteiger partial charge in [0.25, 0.3) is 5.91 Å². The van der Waals surface area contributed by atoms with Gasteiger partial charge in [0.15, 0.2) is 5.78 Å². The van der Waals surface area contributed by atoms with Gasteiger partial charge >= 0.3 is 0 Å². The molecule has 2 aromatic rings. The Bertz CT molecular complexity index is 849. The van der Waals surface area contributed by atoms with Crippen LogP contribution in [0.4, 0.5) is 5.69 Å². The fourth-order valence-corrected chi connectivity index (χ4v) is 2.92. The first-order valence-corrected chi connectivity index (χ1v) is 8.94. The summed E-state index contributed by atoms with van der Waals surface area (Å²) in [5.41, 5.74) is 2.27. The molecule has 0 fully saturated rings. The Morgan fingerprint density at radius 3 is 2.67 bits per heavy atom. The van der Waals surface area contributed by atoms with Crippen LogP contribution in [0.5, 0.6) is 5.75 Å². The van der Waals surface area contributed by atoms with E-state index in [1.54, 1.807) is 5.01 Å². The van der Waals surface area contributed by atoms with Crippen molar-refractivity contribution in [3.63, 3.8) is 0 Å². The lowest BCUT2D eigenvalue weighted by Gasteiger charge is -2.20. The number of para-hydroxylation sites is 1. The van der Waals surface area contributed by atoms with E-state index in [0.717, 1.165) is 17.0 Å². The molecule has 0 aliphatic carbocycles. The smallest absolute Gasteiger partial charge is 0.267 e. The normalized spacial score (nSPS) is 16.0. The molecular weight excluding hydrogens is 342 g/mol. The number of hydrogen-bond acceptors (Lipinski definition) is 5. The van der Waals surface area contributed by atoms with Crippen molar-refractivity contribution in [2.45, 2.75) is 26.3 Å². The monoisotopic (exact) mass is 365 g/mol. The number of nitrogens with one attached hydrogen (secondary N) is 1. The van der Waals surface area contributed by atoms with Crippen LogP contribution in [0.1, 0.15) is 18.9 Å². The van der Waals surface area contributed by atoms with Gasteiger partial charge in [-0.1, -0.05) is 30.3 Å². The van der Waals surface area contributed by atoms with Crippen molar-refractivity contribution >= 4 is 23.1 Å². The van der Waals surface area contributed by atoms with Crippen LogP contribution >= 0.6 is 0 Å². The zero-order chi connectivity index (χ0) is 19.2. The lowest BCUT2D eigenvalue weighted by Crippen LogP contribution is -2.35. The molecule has 0 bridgehead atoms. The molecule has 1 N–H and O–H groups in total. The summed E-state index contributed by atoms with van der Waals surface area (Å²) in [6.07, 6.45) is 0.300. The fourth-order valence-electron chi connectivity index (χ4n) is 2.92. The summed E-state index contributed by atoms with van der Waals surface area (Å²) >= 11 is 0. The summed E-state index contributed by atoms with van der Waals surface area (Å²) in [6, 6.07) is 16.7. The van der Waals surface area contributed by atoms with E-state index < -0.39 is 6.04 Å². The number of rotatable bonds is 7. The van der Waals surface area contributed by atoms with Crippen molar-refractivity contribution < 1.29 is 14.3 Å². The fraction of sp³-hybridized carbons (Fsp3) is 0.286. The molecule has 1 atom stereocenters. The van der Waals surface area contributed by atoms with Gasteiger partial charge in [-0.15, -0.1) is 0 Å². The first kappa shape index (κ1) is 18.6. The van der Waals surface area contributed by atoms with Crippen LogP contribution in [0.25, 0.3) is 0 Å². The van der Waals surface area contributed by atoms with Crippen LogP contribution in [0.3, 0.4) is 0 Å². The van der Waals surface area contributed by atoms with Gasteiger partial charge < -0.3 is 10.1 Å². The zero-order valence-corrected chi connectivity index (χ0v) is 15.5. The summed E-state index contributed by atoms with van der Waals surface area (Å²) in [5, 5.41) is 8.82. The van der Waals surface area contributed by atoms with Gasteiger partial charge in [0, 0.05) is 6.42 Å². The number of Topliss-reactive ketones (excluding diaryl/α,β-unsaturated/α-hetero) is 1. The number of hydrogen-bond donors (Lipinski definition) is 1. The highest BCUT2D eigenvalue weighted by atomic mass is 16.5. The molecular formula is C21H23N3O3. The maximum absolute atomic E-state index is 12.4. The molecule has 1 aliphatic rings. The Morgan fingerprint density at radius 1 is 1.19 bits per heavy atom. The number of carbonyl (C=O) groups is 2. The molecule has 140 valence electrons. The SMILES string of the molecule is CC(=O)C1CC(C(=O)NCCOc2cccc(C)c2)=NN1c1ccccc1. The third-order valence-electron chi connectivity index (χ3n) is 4.31. The van der Waals surface area contributed by atoms with Gasteiger partial charge in [-0.2, -0.15) is 5.10 Å². The van der Waals surface area contributed by atoms with E-state index >= 15 is 0 Å². The second-order valence-electron chi connectivity index (χ2n) is 6.48. The molecule has 27 heavy (non-hydrogen) atoms. The van der Waals surface area contributed by atoms with Gasteiger partial charge in [0.05, 0.1) is 12.2 Å². The van der Waals surface area contributed by atoms with E-state index in [2.05, 4.69) is 10.4 Å². The molecule has 0 radical (unpaired) electrons. The summed E-state index contributed by atoms with van der Waals surface area (Å²) in [4.78, 5) is 24.4. The first-order valence-electron chi connectivity index (χ1n) is 8.94. The van der Waals surface area contributed by atoms with E-state index in [1.165, 1.54) is 6.92 Å². The molecule has 1 amide bonds. The van der Waals surface area contributed by atoms with Crippen LogP contribution in [-0.2, 0) is 9.59 Å². The minimum atomic E-state index is -0.448. The second-order valence-corrected chi connectivity index (χ2v) is 6.48. The zero-order valence-electron chi connectivity index (χ0n) is 15.5. The van der Waals surface area contributed by atoms with Crippen molar-refractivity contribution in [3.05, 3.63) is 60.2 Å². The molecule has 1 aliphatic heterocycles. The van der Waals surface area contributed by atoms with Crippen LogP contribution in [0.2, 0.25) is 0 Å². The number of aryl methyl sites for hydroxylation is 1. The third-order valence-corrected chi connectivity index (χ3v) is 4.31. The minimum Gasteiger partial charge on any atom is -0.492 e. The van der Waals surface area contributed by atoms with Crippen molar-refractivity contribution in [2.75, 3.05) is 18.2 Å². The molecule has 0 saturated carbocycles. The van der Waals surface area contributed by atoms with Crippen LogP contribution in [0, 0.1) is 6.92 Å². The number of nitrogens with zero attached hydrogens (tertiary/aromatic N) is 2. The van der Waals surface area contributed by atoms with E-state index in [9.17, 15) is 9.59 Å². The summed E-state index contributed by atoms with van der Waals surface area (Å²) < 4.78 is 5.63. The van der Waals surface area contributed by atoms with E-state index in [1.807, 2.05) is 61.5 Å². The van der Waals surface area contributed by atoms with Crippen molar-refractivity contribution in [2.24, 2.45) is 5.10 Å². The largest absolute Gasteiger partial charge is 0.492 e. The summed E-state index contributed by atoms with van der Waals surface area (Å²) in [7, 11) is 0. The number of ketones is 1. The van der Waals surface area contributed by atoms with Crippen LogP contribution in [0.15, 0.2) is 59.7 Å². The number of anilines is 1. The summed E-state index contributed by atoms with van der Waals surface area (Å²) in [5.74, 6) is 0.482. The lowest BCUT2D eigenvalue weighted by molar-refractivity contribution is -0.118. The van der Waals surface area contributed by atoms with Crippen molar-refractivity contribution in [1.82, 2.24) is 5.32 Å². The molecule has 1 unspecified atom stereocenters. The Balaban J connectivity index is 1.57. The number of amides is 1. The average Bonchev–Trinajstić information content (AvgIpc) is 3.12. The highest BCUT2D eigenvalue weighted by Crippen LogP contribution is 2.24. The second kappa shape index (κ2) is 8.49. The predicted molar refractivity (Wildman–Crippen MR) is 105 cm³/mol. The van der Waals surface area contributed by atoms with Crippen LogP contribution in [-0.4, -0.2) is 36.6 Å². The van der Waals surface area contributed by atoms with Gasteiger partial charge in [-0.3, -0.25) is 14.6 Å². The van der Waals surface area contributed by atoms with E-state index in [-0.39, 0.29) is 11.7 Å². The maximum Gasteiger partial charge on any atom is 0.267 e. The van der Waals surface area contributed by atoms with Gasteiger partial charge in [0.1, 0.15) is 24.1 Å². The third kappa shape index (κ3) is 4.73. The quantitative estimate of drug-likeness (QED) is 0.766. The van der Waals surface area contributed by atoms with Gasteiger partial charge in [-0.25, -0.2) is 0 Å². The van der Waals surface area contributed by atoms with Crippen molar-refractivity contribution in [1.29, 1.82) is 0 Å². The topological polar surface area (TPSA) is 71.0 Å². The van der Waals surface area contributed by atoms with E-state index in [0.29, 0.717) is 25.3 Å². The molecule has 3 rings (SSSR count). The Kier molecular flexibility index (Phi) is 5.86. The van der Waals surface area contributed by atoms with Crippen molar-refractivity contribution in [3.8, 4) is 5.75 Å². The number of benzene rings is 2. The maximum atomic E-state index is 12.4. The Morgan fingerprint density at radius 2 is 1.96 bits per heavy atom. The number of ether oxygens (including phenoxy) is 1. The van der Waals surface area contributed by atoms with Gasteiger partial charge in [-0.05, 0) is 43.7 Å². The summed E-state index contributed by atoms with van der Waals surface area (Å²) in [6.45, 7) is 4.24. The van der Waals surface area contributed by atoms with E-state index in [4.69, 9.17) is 4.74 Å². The van der Waals surface area contributed by atoms with Crippen LogP contribution < -0.4 is 15.1 Å². The predicted octanol–water partition coefficient (Wildman–Crippen LogP) is 2.71. The number of carbonyl (C=O) groups excluding carboxylic acids is 2. The molecule has 0 aromatic heterocycles. The molecule has 6 heteroatoms. The molecule has 1 heterocycles. The molecule has 6 nitrogen and oxygen atoms in total. The number of hydrazone groups is 1. The highest BCUT2D eigenvalue weighted by Gasteiger charge is 2.33.